The Kier molecular flexibility index (Phi) is 5.37. The Morgan fingerprint density at radius 2 is 1.80 bits per heavy atom. The maximum atomic E-state index is 10.2. The van der Waals surface area contributed by atoms with Gasteiger partial charge in [0.25, 0.3) is 0 Å². The minimum absolute atomic E-state index is 0.280. The number of rotatable bonds is 7. The van der Waals surface area contributed by atoms with Crippen LogP contribution in [0, 0.1) is 0 Å². The van der Waals surface area contributed by atoms with E-state index in [2.05, 4.69) is 9.97 Å². The first-order valence-corrected chi connectivity index (χ1v) is 5.27. The maximum Gasteiger partial charge on any atom is 0.303 e. The molecule has 0 aromatic carbocycles. The minimum Gasteiger partial charge on any atom is -0.481 e. The average Bonchev–Trinajstić information content (AvgIpc) is 2.24. The topological polar surface area (TPSA) is 63.1 Å². The lowest BCUT2D eigenvalue weighted by molar-refractivity contribution is -0.137. The molecule has 0 spiro atoms. The van der Waals surface area contributed by atoms with E-state index < -0.39 is 5.97 Å². The zero-order valence-corrected chi connectivity index (χ0v) is 8.72. The number of unbranched alkanes of at least 4 members (excludes halogenated alkanes) is 3. The van der Waals surface area contributed by atoms with E-state index in [1.54, 1.807) is 18.5 Å². The fourth-order valence-electron chi connectivity index (χ4n) is 1.37. The number of aryl methyl sites for hydroxylation is 1. The van der Waals surface area contributed by atoms with E-state index in [9.17, 15) is 4.79 Å². The molecule has 82 valence electrons. The van der Waals surface area contributed by atoms with Gasteiger partial charge in [0.15, 0.2) is 0 Å². The molecule has 0 aliphatic rings. The van der Waals surface area contributed by atoms with E-state index in [0.29, 0.717) is 0 Å². The SMILES string of the molecule is O=C(O)CCCCCCc1ncccn1. The van der Waals surface area contributed by atoms with Crippen LogP contribution >= 0.6 is 0 Å². The van der Waals surface area contributed by atoms with Gasteiger partial charge in [-0.3, -0.25) is 4.79 Å². The van der Waals surface area contributed by atoms with Gasteiger partial charge in [-0.2, -0.15) is 0 Å². The summed E-state index contributed by atoms with van der Waals surface area (Å²) in [5.41, 5.74) is 0. The molecular weight excluding hydrogens is 192 g/mol. The zero-order valence-electron chi connectivity index (χ0n) is 8.72. The minimum atomic E-state index is -0.707. The van der Waals surface area contributed by atoms with Crippen LogP contribution in [-0.2, 0) is 11.2 Å². The third-order valence-corrected chi connectivity index (χ3v) is 2.16. The summed E-state index contributed by atoms with van der Waals surface area (Å²) in [7, 11) is 0. The van der Waals surface area contributed by atoms with E-state index in [0.717, 1.165) is 37.9 Å². The monoisotopic (exact) mass is 208 g/mol. The molecule has 0 radical (unpaired) electrons. The number of nitrogens with zero attached hydrogens (tertiary/aromatic N) is 2. The van der Waals surface area contributed by atoms with Gasteiger partial charge >= 0.3 is 5.97 Å². The summed E-state index contributed by atoms with van der Waals surface area (Å²) in [5.74, 6) is 0.164. The quantitative estimate of drug-likeness (QED) is 0.696. The summed E-state index contributed by atoms with van der Waals surface area (Å²) in [6.07, 6.45) is 8.47. The molecule has 0 bridgehead atoms. The maximum absolute atomic E-state index is 10.2. The summed E-state index contributed by atoms with van der Waals surface area (Å²) in [4.78, 5) is 18.5. The van der Waals surface area contributed by atoms with E-state index in [-0.39, 0.29) is 6.42 Å². The summed E-state index contributed by atoms with van der Waals surface area (Å²) in [6, 6.07) is 1.80. The van der Waals surface area contributed by atoms with Crippen molar-refractivity contribution in [2.45, 2.75) is 38.5 Å². The van der Waals surface area contributed by atoms with Gasteiger partial charge in [0, 0.05) is 25.2 Å². The molecule has 4 heteroatoms. The number of hydrogen-bond donors (Lipinski definition) is 1. The highest BCUT2D eigenvalue weighted by Crippen LogP contribution is 2.05. The highest BCUT2D eigenvalue weighted by molar-refractivity contribution is 5.66. The number of carboxylic acid groups (broad SMARTS) is 1. The fraction of sp³-hybridized carbons (Fsp3) is 0.545. The molecule has 1 N–H and O–H groups in total. The van der Waals surface area contributed by atoms with Gasteiger partial charge in [-0.05, 0) is 18.9 Å². The van der Waals surface area contributed by atoms with Crippen molar-refractivity contribution in [1.29, 1.82) is 0 Å². The smallest absolute Gasteiger partial charge is 0.303 e. The van der Waals surface area contributed by atoms with Crippen LogP contribution < -0.4 is 0 Å². The Morgan fingerprint density at radius 1 is 1.13 bits per heavy atom. The van der Waals surface area contributed by atoms with Crippen LogP contribution in [0.5, 0.6) is 0 Å². The van der Waals surface area contributed by atoms with Crippen molar-refractivity contribution >= 4 is 5.97 Å². The van der Waals surface area contributed by atoms with Crippen molar-refractivity contribution < 1.29 is 9.90 Å². The molecule has 0 atom stereocenters. The Bertz CT molecular complexity index is 288. The first-order chi connectivity index (χ1) is 7.29. The molecule has 0 saturated carbocycles. The molecule has 0 saturated heterocycles. The van der Waals surface area contributed by atoms with Gasteiger partial charge in [0.05, 0.1) is 0 Å². The van der Waals surface area contributed by atoms with E-state index in [4.69, 9.17) is 5.11 Å². The lowest BCUT2D eigenvalue weighted by atomic mass is 10.1. The van der Waals surface area contributed by atoms with Crippen molar-refractivity contribution in [1.82, 2.24) is 9.97 Å². The standard InChI is InChI=1S/C11H16N2O2/c14-11(15)7-4-2-1-3-6-10-12-8-5-9-13-10/h5,8-9H,1-4,6-7H2,(H,14,15). The number of hydrogen-bond acceptors (Lipinski definition) is 3. The van der Waals surface area contributed by atoms with Crippen molar-refractivity contribution in [3.63, 3.8) is 0 Å². The number of aromatic nitrogens is 2. The molecule has 0 unspecified atom stereocenters. The van der Waals surface area contributed by atoms with Crippen LogP contribution in [0.25, 0.3) is 0 Å². The lowest BCUT2D eigenvalue weighted by Crippen LogP contribution is -1.95. The van der Waals surface area contributed by atoms with E-state index >= 15 is 0 Å². The van der Waals surface area contributed by atoms with Gasteiger partial charge in [0.2, 0.25) is 0 Å². The first-order valence-electron chi connectivity index (χ1n) is 5.27. The molecule has 1 heterocycles. The molecule has 1 rings (SSSR count). The molecule has 4 nitrogen and oxygen atoms in total. The second-order valence-electron chi connectivity index (χ2n) is 3.47. The second-order valence-corrected chi connectivity index (χ2v) is 3.47. The van der Waals surface area contributed by atoms with Gasteiger partial charge < -0.3 is 5.11 Å². The summed E-state index contributed by atoms with van der Waals surface area (Å²) in [5, 5.41) is 8.43. The van der Waals surface area contributed by atoms with Crippen LogP contribution in [0.15, 0.2) is 18.5 Å². The van der Waals surface area contributed by atoms with Gasteiger partial charge in [0.1, 0.15) is 5.82 Å². The van der Waals surface area contributed by atoms with Gasteiger partial charge in [-0.1, -0.05) is 12.8 Å². The molecule has 0 aliphatic carbocycles. The summed E-state index contributed by atoms with van der Waals surface area (Å²) >= 11 is 0. The average molecular weight is 208 g/mol. The van der Waals surface area contributed by atoms with Crippen LogP contribution in [0.1, 0.15) is 37.9 Å². The molecule has 0 aliphatic heterocycles. The van der Waals surface area contributed by atoms with Crippen molar-refractivity contribution in [3.05, 3.63) is 24.3 Å². The first kappa shape index (κ1) is 11.6. The highest BCUT2D eigenvalue weighted by atomic mass is 16.4. The van der Waals surface area contributed by atoms with Crippen LogP contribution in [0.3, 0.4) is 0 Å². The van der Waals surface area contributed by atoms with Crippen LogP contribution in [-0.4, -0.2) is 21.0 Å². The second kappa shape index (κ2) is 6.92. The fourth-order valence-corrected chi connectivity index (χ4v) is 1.37. The van der Waals surface area contributed by atoms with E-state index in [1.165, 1.54) is 0 Å². The van der Waals surface area contributed by atoms with Crippen LogP contribution in [0.2, 0.25) is 0 Å². The highest BCUT2D eigenvalue weighted by Gasteiger charge is 1.97. The number of aliphatic carboxylic acids is 1. The molecule has 1 aromatic heterocycles. The van der Waals surface area contributed by atoms with Crippen molar-refractivity contribution in [3.8, 4) is 0 Å². The Morgan fingerprint density at radius 3 is 2.47 bits per heavy atom. The molecule has 0 amide bonds. The van der Waals surface area contributed by atoms with Gasteiger partial charge in [-0.25, -0.2) is 9.97 Å². The number of carbonyl (C=O) groups is 1. The Hall–Kier alpha value is -1.45. The third kappa shape index (κ3) is 5.78. The largest absolute Gasteiger partial charge is 0.481 e. The number of carboxylic acids is 1. The Labute approximate surface area is 89.4 Å². The summed E-state index contributed by atoms with van der Waals surface area (Å²) < 4.78 is 0. The van der Waals surface area contributed by atoms with Crippen molar-refractivity contribution in [2.24, 2.45) is 0 Å². The van der Waals surface area contributed by atoms with Gasteiger partial charge in [-0.15, -0.1) is 0 Å². The zero-order chi connectivity index (χ0) is 10.9. The molecule has 15 heavy (non-hydrogen) atoms. The van der Waals surface area contributed by atoms with E-state index in [1.807, 2.05) is 0 Å². The summed E-state index contributed by atoms with van der Waals surface area (Å²) in [6.45, 7) is 0. The predicted octanol–water partition coefficient (Wildman–Crippen LogP) is 2.05. The molecule has 0 fully saturated rings. The predicted molar refractivity (Wildman–Crippen MR) is 56.5 cm³/mol. The van der Waals surface area contributed by atoms with Crippen LogP contribution in [0.4, 0.5) is 0 Å². The van der Waals surface area contributed by atoms with Crippen molar-refractivity contribution in [2.75, 3.05) is 0 Å². The molecular formula is C11H16N2O2. The lowest BCUT2D eigenvalue weighted by Gasteiger charge is -1.99. The third-order valence-electron chi connectivity index (χ3n) is 2.16. The molecule has 1 aromatic rings. The Balaban J connectivity index is 2.00. The normalized spacial score (nSPS) is 10.1.